The second kappa shape index (κ2) is 14.4. The molecule has 10 heteroatoms. The van der Waals surface area contributed by atoms with E-state index in [9.17, 15) is 22.8 Å². The minimum atomic E-state index is -0.854. The van der Waals surface area contributed by atoms with Gasteiger partial charge in [-0.1, -0.05) is 35.2 Å². The van der Waals surface area contributed by atoms with E-state index >= 15 is 0 Å². The maximum atomic E-state index is 14.8. The average Bonchev–Trinajstić information content (AvgIpc) is 2.96. The van der Waals surface area contributed by atoms with Crippen LogP contribution in [0.1, 0.15) is 49.4 Å². The van der Waals surface area contributed by atoms with E-state index in [0.717, 1.165) is 54.5 Å². The number of amides is 1. The standard InChI is InChI=1S/C32H32BrF3N2O4/c1-3-37(24-16-21(34)15-22(35)17-24)32(40)27-20-38(23-9-12-30(41-2)28(36)18-23)29-19-25(10-11-26(29)31(27)39)42-14-8-6-4-5-7-13-33/h9-12,15-20H,3-8,13-14H2,1-2H3. The molecule has 0 bridgehead atoms. The van der Waals surface area contributed by atoms with Crippen LogP contribution in [-0.2, 0) is 0 Å². The van der Waals surface area contributed by atoms with Crippen LogP contribution in [-0.4, -0.2) is 36.1 Å². The Kier molecular flexibility index (Phi) is 10.7. The van der Waals surface area contributed by atoms with Crippen molar-refractivity contribution in [3.05, 3.63) is 94.0 Å². The molecular weight excluding hydrogens is 613 g/mol. The second-order valence-electron chi connectivity index (χ2n) is 9.72. The van der Waals surface area contributed by atoms with Crippen LogP contribution in [0.3, 0.4) is 0 Å². The molecule has 4 aromatic rings. The zero-order valence-corrected chi connectivity index (χ0v) is 25.1. The van der Waals surface area contributed by atoms with Gasteiger partial charge in [-0.05, 0) is 56.2 Å². The number of hydrogen-bond donors (Lipinski definition) is 0. The molecule has 0 aliphatic heterocycles. The van der Waals surface area contributed by atoms with Gasteiger partial charge < -0.3 is 18.9 Å². The number of fused-ring (bicyclic) bond motifs is 1. The summed E-state index contributed by atoms with van der Waals surface area (Å²) < 4.78 is 55.3. The van der Waals surface area contributed by atoms with Crippen LogP contribution in [0, 0.1) is 17.5 Å². The van der Waals surface area contributed by atoms with Crippen molar-refractivity contribution in [2.24, 2.45) is 0 Å². The summed E-state index contributed by atoms with van der Waals surface area (Å²) in [6.07, 6.45) is 6.62. The molecule has 0 atom stereocenters. The van der Waals surface area contributed by atoms with Crippen molar-refractivity contribution in [3.63, 3.8) is 0 Å². The quantitative estimate of drug-likeness (QED) is 0.110. The fourth-order valence-corrected chi connectivity index (χ4v) is 5.16. The molecule has 1 heterocycles. The molecule has 6 nitrogen and oxygen atoms in total. The zero-order chi connectivity index (χ0) is 30.2. The van der Waals surface area contributed by atoms with Crippen molar-refractivity contribution >= 4 is 38.4 Å². The first-order valence-corrected chi connectivity index (χ1v) is 14.9. The lowest BCUT2D eigenvalue weighted by atomic mass is 10.1. The number of rotatable bonds is 13. The van der Waals surface area contributed by atoms with Crippen molar-refractivity contribution < 1.29 is 27.4 Å². The maximum Gasteiger partial charge on any atom is 0.263 e. The van der Waals surface area contributed by atoms with Crippen LogP contribution in [0.2, 0.25) is 0 Å². The van der Waals surface area contributed by atoms with Crippen LogP contribution in [0.5, 0.6) is 11.5 Å². The van der Waals surface area contributed by atoms with E-state index in [1.54, 1.807) is 31.2 Å². The number of benzene rings is 3. The topological polar surface area (TPSA) is 60.8 Å². The number of carbonyl (C=O) groups is 1. The summed E-state index contributed by atoms with van der Waals surface area (Å²) >= 11 is 3.44. The van der Waals surface area contributed by atoms with Gasteiger partial charge in [-0.2, -0.15) is 0 Å². The first-order valence-electron chi connectivity index (χ1n) is 13.8. The molecule has 1 aromatic heterocycles. The van der Waals surface area contributed by atoms with Gasteiger partial charge in [0.2, 0.25) is 5.43 Å². The number of ether oxygens (including phenoxy) is 2. The van der Waals surface area contributed by atoms with Gasteiger partial charge in [-0.25, -0.2) is 13.2 Å². The van der Waals surface area contributed by atoms with Gasteiger partial charge in [0.05, 0.1) is 19.2 Å². The number of halogens is 4. The van der Waals surface area contributed by atoms with E-state index in [0.29, 0.717) is 29.6 Å². The third kappa shape index (κ3) is 7.15. The molecule has 0 aliphatic carbocycles. The molecule has 0 aliphatic rings. The normalized spacial score (nSPS) is 11.1. The lowest BCUT2D eigenvalue weighted by Gasteiger charge is -2.22. The monoisotopic (exact) mass is 644 g/mol. The van der Waals surface area contributed by atoms with Crippen molar-refractivity contribution in [2.45, 2.75) is 39.0 Å². The minimum Gasteiger partial charge on any atom is -0.494 e. The van der Waals surface area contributed by atoms with Crippen LogP contribution < -0.4 is 19.8 Å². The molecule has 0 fully saturated rings. The number of carbonyl (C=O) groups excluding carboxylic acids is 1. The van der Waals surface area contributed by atoms with Crippen molar-refractivity contribution in [1.29, 1.82) is 0 Å². The second-order valence-corrected chi connectivity index (χ2v) is 10.5. The highest BCUT2D eigenvalue weighted by Crippen LogP contribution is 2.27. The number of unbranched alkanes of at least 4 members (excludes halogenated alkanes) is 4. The van der Waals surface area contributed by atoms with Gasteiger partial charge in [0.25, 0.3) is 5.91 Å². The Morgan fingerprint density at radius 1 is 0.929 bits per heavy atom. The molecule has 222 valence electrons. The minimum absolute atomic E-state index is 0.0301. The summed E-state index contributed by atoms with van der Waals surface area (Å²) in [4.78, 5) is 28.5. The number of pyridine rings is 1. The molecular formula is C32H32BrF3N2O4. The number of alkyl halides is 1. The Labute approximate surface area is 250 Å². The first kappa shape index (κ1) is 31.2. The Bertz CT molecular complexity index is 1610. The number of anilines is 1. The number of hydrogen-bond acceptors (Lipinski definition) is 4. The van der Waals surface area contributed by atoms with E-state index in [1.165, 1.54) is 30.0 Å². The molecule has 0 unspecified atom stereocenters. The van der Waals surface area contributed by atoms with Gasteiger partial charge >= 0.3 is 0 Å². The molecule has 0 radical (unpaired) electrons. The molecule has 3 aromatic carbocycles. The van der Waals surface area contributed by atoms with Crippen molar-refractivity contribution in [1.82, 2.24) is 4.57 Å². The molecule has 0 saturated heterocycles. The van der Waals surface area contributed by atoms with E-state index in [4.69, 9.17) is 9.47 Å². The van der Waals surface area contributed by atoms with Gasteiger partial charge in [0.1, 0.15) is 22.9 Å². The summed E-state index contributed by atoms with van der Waals surface area (Å²) in [5.41, 5.74) is -0.124. The third-order valence-corrected chi connectivity index (χ3v) is 7.45. The van der Waals surface area contributed by atoms with Crippen LogP contribution >= 0.6 is 15.9 Å². The summed E-state index contributed by atoms with van der Waals surface area (Å²) in [7, 11) is 1.35. The highest BCUT2D eigenvalue weighted by atomic mass is 79.9. The highest BCUT2D eigenvalue weighted by molar-refractivity contribution is 9.09. The van der Waals surface area contributed by atoms with E-state index < -0.39 is 28.8 Å². The molecule has 42 heavy (non-hydrogen) atoms. The SMILES string of the molecule is CCN(C(=O)c1cn(-c2ccc(OC)c(F)c2)c2cc(OCCCCCCCBr)ccc2c1=O)c1cc(F)cc(F)c1. The Morgan fingerprint density at radius 2 is 1.64 bits per heavy atom. The smallest absolute Gasteiger partial charge is 0.263 e. The van der Waals surface area contributed by atoms with E-state index in [1.807, 2.05) is 0 Å². The van der Waals surface area contributed by atoms with Crippen LogP contribution in [0.25, 0.3) is 16.6 Å². The summed E-state index contributed by atoms with van der Waals surface area (Å²) in [6.45, 7) is 2.16. The van der Waals surface area contributed by atoms with E-state index in [-0.39, 0.29) is 28.9 Å². The molecule has 1 amide bonds. The summed E-state index contributed by atoms with van der Waals surface area (Å²) in [5, 5.41) is 1.19. The molecule has 0 saturated carbocycles. The van der Waals surface area contributed by atoms with Gasteiger partial charge in [0, 0.05) is 53.0 Å². The van der Waals surface area contributed by atoms with Gasteiger partial charge in [0.15, 0.2) is 11.6 Å². The third-order valence-electron chi connectivity index (χ3n) is 6.89. The first-order chi connectivity index (χ1) is 20.3. The lowest BCUT2D eigenvalue weighted by Crippen LogP contribution is -2.35. The Hall–Kier alpha value is -3.79. The maximum absolute atomic E-state index is 14.8. The number of methoxy groups -OCH3 is 1. The molecule has 0 N–H and O–H groups in total. The van der Waals surface area contributed by atoms with E-state index in [2.05, 4.69) is 15.9 Å². The number of nitrogens with zero attached hydrogens (tertiary/aromatic N) is 2. The largest absolute Gasteiger partial charge is 0.494 e. The number of aromatic nitrogens is 1. The van der Waals surface area contributed by atoms with Crippen molar-refractivity contribution in [3.8, 4) is 17.2 Å². The Balaban J connectivity index is 1.77. The van der Waals surface area contributed by atoms with Gasteiger partial charge in [-0.3, -0.25) is 9.59 Å². The molecule has 4 rings (SSSR count). The Morgan fingerprint density at radius 3 is 2.31 bits per heavy atom. The highest BCUT2D eigenvalue weighted by Gasteiger charge is 2.23. The van der Waals surface area contributed by atoms with Crippen LogP contribution in [0.15, 0.2) is 65.6 Å². The van der Waals surface area contributed by atoms with Gasteiger partial charge in [-0.15, -0.1) is 0 Å². The summed E-state index contributed by atoms with van der Waals surface area (Å²) in [5.74, 6) is -2.54. The average molecular weight is 646 g/mol. The summed E-state index contributed by atoms with van der Waals surface area (Å²) in [6, 6.07) is 11.9. The fourth-order valence-electron chi connectivity index (χ4n) is 4.77. The zero-order valence-electron chi connectivity index (χ0n) is 23.5. The predicted molar refractivity (Wildman–Crippen MR) is 162 cm³/mol. The van der Waals surface area contributed by atoms with Crippen molar-refractivity contribution in [2.75, 3.05) is 30.5 Å². The van der Waals surface area contributed by atoms with Crippen LogP contribution in [0.4, 0.5) is 18.9 Å². The molecule has 0 spiro atoms. The fraction of sp³-hybridized carbons (Fsp3) is 0.312. The lowest BCUT2D eigenvalue weighted by molar-refractivity contribution is 0.0987. The predicted octanol–water partition coefficient (Wildman–Crippen LogP) is 7.81.